The van der Waals surface area contributed by atoms with Crippen LogP contribution in [0.15, 0.2) is 46.9 Å². The topological polar surface area (TPSA) is 49.4 Å². The van der Waals surface area contributed by atoms with E-state index in [0.717, 1.165) is 15.6 Å². The fraction of sp³-hybridized carbons (Fsp3) is 0.364. The van der Waals surface area contributed by atoms with E-state index in [1.54, 1.807) is 24.0 Å². The van der Waals surface area contributed by atoms with Crippen molar-refractivity contribution in [3.05, 3.63) is 68.1 Å². The summed E-state index contributed by atoms with van der Waals surface area (Å²) in [5, 5.41) is 4.05. The normalized spacial score (nSPS) is 12.0. The Morgan fingerprint density at radius 1 is 1.10 bits per heavy atom. The van der Waals surface area contributed by atoms with E-state index in [1.807, 2.05) is 44.2 Å². The van der Waals surface area contributed by atoms with Gasteiger partial charge in [0.1, 0.15) is 6.04 Å². The lowest BCUT2D eigenvalue weighted by atomic mass is 10.1. The molecule has 1 N–H and O–H groups in total. The molecular formula is C22H25BrCl2N2O2S. The highest BCUT2D eigenvalue weighted by Gasteiger charge is 2.26. The summed E-state index contributed by atoms with van der Waals surface area (Å²) in [6.45, 7) is 5.92. The van der Waals surface area contributed by atoms with Crippen LogP contribution in [-0.2, 0) is 21.9 Å². The molecule has 0 unspecified atom stereocenters. The molecule has 162 valence electrons. The summed E-state index contributed by atoms with van der Waals surface area (Å²) in [6.07, 6.45) is 0. The van der Waals surface area contributed by atoms with Crippen molar-refractivity contribution in [3.63, 3.8) is 0 Å². The Morgan fingerprint density at radius 3 is 2.37 bits per heavy atom. The Balaban J connectivity index is 2.08. The summed E-state index contributed by atoms with van der Waals surface area (Å²) in [7, 11) is 0. The average molecular weight is 532 g/mol. The van der Waals surface area contributed by atoms with Crippen molar-refractivity contribution in [2.45, 2.75) is 45.2 Å². The molecule has 0 saturated carbocycles. The smallest absolute Gasteiger partial charge is 0.242 e. The second-order valence-corrected chi connectivity index (χ2v) is 9.96. The number of carbonyl (C=O) groups excluding carboxylic acids is 2. The van der Waals surface area contributed by atoms with E-state index in [-0.39, 0.29) is 23.6 Å². The zero-order valence-corrected chi connectivity index (χ0v) is 21.0. The van der Waals surface area contributed by atoms with Crippen molar-refractivity contribution in [3.8, 4) is 0 Å². The van der Waals surface area contributed by atoms with Crippen LogP contribution in [0.3, 0.4) is 0 Å². The number of hydrogen-bond donors (Lipinski definition) is 1. The first-order valence-electron chi connectivity index (χ1n) is 9.53. The highest BCUT2D eigenvalue weighted by atomic mass is 79.9. The van der Waals surface area contributed by atoms with Crippen LogP contribution in [0.25, 0.3) is 0 Å². The zero-order chi connectivity index (χ0) is 22.3. The summed E-state index contributed by atoms with van der Waals surface area (Å²) >= 11 is 17.0. The number of nitrogens with zero attached hydrogens (tertiary/aromatic N) is 1. The molecule has 0 bridgehead atoms. The molecule has 0 fully saturated rings. The third-order valence-electron chi connectivity index (χ3n) is 4.36. The quantitative estimate of drug-likeness (QED) is 0.436. The van der Waals surface area contributed by atoms with E-state index in [4.69, 9.17) is 23.2 Å². The Bertz CT molecular complexity index is 878. The molecule has 2 rings (SSSR count). The lowest BCUT2D eigenvalue weighted by molar-refractivity contribution is -0.138. The van der Waals surface area contributed by atoms with Crippen LogP contribution in [0, 0.1) is 0 Å². The molecule has 0 heterocycles. The molecule has 0 aliphatic carbocycles. The minimum atomic E-state index is -0.580. The molecule has 0 spiro atoms. The van der Waals surface area contributed by atoms with Gasteiger partial charge in [0, 0.05) is 32.9 Å². The van der Waals surface area contributed by atoms with E-state index in [0.29, 0.717) is 22.3 Å². The summed E-state index contributed by atoms with van der Waals surface area (Å²) < 4.78 is 0.963. The van der Waals surface area contributed by atoms with E-state index < -0.39 is 6.04 Å². The van der Waals surface area contributed by atoms with E-state index >= 15 is 0 Å². The average Bonchev–Trinajstić information content (AvgIpc) is 2.68. The Kier molecular flexibility index (Phi) is 10.0. The maximum atomic E-state index is 13.0. The van der Waals surface area contributed by atoms with Gasteiger partial charge in [-0.25, -0.2) is 0 Å². The first-order chi connectivity index (χ1) is 14.2. The predicted octanol–water partition coefficient (Wildman–Crippen LogP) is 5.93. The zero-order valence-electron chi connectivity index (χ0n) is 17.1. The molecule has 0 aliphatic heterocycles. The van der Waals surface area contributed by atoms with Crippen LogP contribution >= 0.6 is 50.9 Å². The van der Waals surface area contributed by atoms with Crippen LogP contribution in [-0.4, -0.2) is 34.6 Å². The molecule has 2 aromatic rings. The molecule has 2 amide bonds. The predicted molar refractivity (Wildman–Crippen MR) is 130 cm³/mol. The van der Waals surface area contributed by atoms with Gasteiger partial charge >= 0.3 is 0 Å². The number of thioether (sulfide) groups is 1. The van der Waals surface area contributed by atoms with Gasteiger partial charge in [0.05, 0.1) is 5.75 Å². The van der Waals surface area contributed by atoms with Crippen LogP contribution in [0.4, 0.5) is 0 Å². The second kappa shape index (κ2) is 12.0. The molecule has 30 heavy (non-hydrogen) atoms. The number of carbonyl (C=O) groups is 2. The number of benzene rings is 2. The first kappa shape index (κ1) is 25.1. The highest BCUT2D eigenvalue weighted by molar-refractivity contribution is 9.10. The molecule has 0 aliphatic rings. The van der Waals surface area contributed by atoms with E-state index in [1.165, 1.54) is 11.8 Å². The monoisotopic (exact) mass is 530 g/mol. The van der Waals surface area contributed by atoms with Gasteiger partial charge in [0.2, 0.25) is 11.8 Å². The molecule has 0 radical (unpaired) electrons. The number of rotatable bonds is 9. The minimum absolute atomic E-state index is 0.00556. The third-order valence-corrected chi connectivity index (χ3v) is 6.44. The Morgan fingerprint density at radius 2 is 1.77 bits per heavy atom. The van der Waals surface area contributed by atoms with Gasteiger partial charge in [-0.3, -0.25) is 9.59 Å². The van der Waals surface area contributed by atoms with Crippen LogP contribution in [0.2, 0.25) is 10.0 Å². The van der Waals surface area contributed by atoms with E-state index in [2.05, 4.69) is 21.2 Å². The standard InChI is InChI=1S/C22H25BrCl2N2O2S/c1-14(2)26-22(29)15(3)27(11-16-4-7-18(23)8-5-16)21(28)13-30-12-17-6-9-19(24)10-20(17)25/h4-10,14-15H,11-13H2,1-3H3,(H,26,29)/t15-/m0/s1. The molecule has 0 aromatic heterocycles. The number of hydrogen-bond acceptors (Lipinski definition) is 3. The number of halogens is 3. The molecule has 1 atom stereocenters. The van der Waals surface area contributed by atoms with Gasteiger partial charge in [-0.15, -0.1) is 11.8 Å². The van der Waals surface area contributed by atoms with Crippen molar-refractivity contribution in [2.24, 2.45) is 0 Å². The molecule has 4 nitrogen and oxygen atoms in total. The number of nitrogens with one attached hydrogen (secondary N) is 1. The van der Waals surface area contributed by atoms with Crippen LogP contribution in [0.1, 0.15) is 31.9 Å². The van der Waals surface area contributed by atoms with Gasteiger partial charge in [-0.2, -0.15) is 0 Å². The summed E-state index contributed by atoms with van der Waals surface area (Å²) in [5.74, 6) is 0.565. The van der Waals surface area contributed by atoms with Crippen molar-refractivity contribution in [1.29, 1.82) is 0 Å². The second-order valence-electron chi connectivity index (χ2n) is 7.22. The van der Waals surface area contributed by atoms with Gasteiger partial charge in [-0.1, -0.05) is 57.3 Å². The Hall–Kier alpha value is -1.21. The fourth-order valence-corrected chi connectivity index (χ4v) is 4.48. The summed E-state index contributed by atoms with van der Waals surface area (Å²) in [5.41, 5.74) is 1.88. The molecular weight excluding hydrogens is 507 g/mol. The van der Waals surface area contributed by atoms with Gasteiger partial charge in [0.25, 0.3) is 0 Å². The maximum Gasteiger partial charge on any atom is 0.242 e. The lowest BCUT2D eigenvalue weighted by Crippen LogP contribution is -2.49. The van der Waals surface area contributed by atoms with Gasteiger partial charge < -0.3 is 10.2 Å². The van der Waals surface area contributed by atoms with Crippen molar-refractivity contribution in [1.82, 2.24) is 10.2 Å². The van der Waals surface area contributed by atoms with Crippen molar-refractivity contribution in [2.75, 3.05) is 5.75 Å². The van der Waals surface area contributed by atoms with Crippen molar-refractivity contribution < 1.29 is 9.59 Å². The summed E-state index contributed by atoms with van der Waals surface area (Å²) in [4.78, 5) is 27.2. The molecule has 0 saturated heterocycles. The van der Waals surface area contributed by atoms with Gasteiger partial charge in [0.15, 0.2) is 0 Å². The Labute approximate surface area is 200 Å². The summed E-state index contributed by atoms with van der Waals surface area (Å²) in [6, 6.07) is 12.5. The van der Waals surface area contributed by atoms with Crippen LogP contribution in [0.5, 0.6) is 0 Å². The van der Waals surface area contributed by atoms with Crippen molar-refractivity contribution >= 4 is 62.7 Å². The SMILES string of the molecule is CC(C)NC(=O)[C@H](C)N(Cc1ccc(Br)cc1)C(=O)CSCc1ccc(Cl)cc1Cl. The minimum Gasteiger partial charge on any atom is -0.352 e. The largest absolute Gasteiger partial charge is 0.352 e. The van der Waals surface area contributed by atoms with E-state index in [9.17, 15) is 9.59 Å². The molecule has 8 heteroatoms. The maximum absolute atomic E-state index is 13.0. The third kappa shape index (κ3) is 7.80. The lowest BCUT2D eigenvalue weighted by Gasteiger charge is -2.29. The first-order valence-corrected chi connectivity index (χ1v) is 12.2. The number of amides is 2. The fourth-order valence-electron chi connectivity index (χ4n) is 2.74. The van der Waals surface area contributed by atoms with Gasteiger partial charge in [-0.05, 0) is 56.2 Å². The highest BCUT2D eigenvalue weighted by Crippen LogP contribution is 2.25. The van der Waals surface area contributed by atoms with Crippen LogP contribution < -0.4 is 5.32 Å². The molecule has 2 aromatic carbocycles.